The molecule has 1 fully saturated rings. The van der Waals surface area contributed by atoms with Gasteiger partial charge in [-0.15, -0.1) is 0 Å². The molecule has 0 radical (unpaired) electrons. The van der Waals surface area contributed by atoms with Crippen LogP contribution < -0.4 is 14.9 Å². The summed E-state index contributed by atoms with van der Waals surface area (Å²) in [7, 11) is -3.71. The maximum Gasteiger partial charge on any atom is 0.261 e. The lowest BCUT2D eigenvalue weighted by molar-refractivity contribution is -0.114. The minimum Gasteiger partial charge on any atom is -0.378 e. The third kappa shape index (κ3) is 4.53. The van der Waals surface area contributed by atoms with Gasteiger partial charge in [0.15, 0.2) is 0 Å². The summed E-state index contributed by atoms with van der Waals surface area (Å²) in [5.41, 5.74) is 2.00. The van der Waals surface area contributed by atoms with Crippen LogP contribution in [-0.4, -0.2) is 40.6 Å². The number of anilines is 3. The smallest absolute Gasteiger partial charge is 0.261 e. The molecule has 0 saturated carbocycles. The van der Waals surface area contributed by atoms with E-state index in [9.17, 15) is 13.2 Å². The summed E-state index contributed by atoms with van der Waals surface area (Å²) in [6.45, 7) is 4.28. The summed E-state index contributed by atoms with van der Waals surface area (Å²) in [6, 6.07) is 13.3. The lowest BCUT2D eigenvalue weighted by Crippen LogP contribution is -2.36. The number of hydrogen-bond donors (Lipinski definition) is 2. The number of nitrogens with one attached hydrogen (secondary N) is 2. The topological polar surface area (TPSA) is 87.7 Å². The van der Waals surface area contributed by atoms with Gasteiger partial charge in [-0.25, -0.2) is 8.42 Å². The van der Waals surface area contributed by atoms with E-state index < -0.39 is 10.0 Å². The van der Waals surface area contributed by atoms with Gasteiger partial charge in [0.05, 0.1) is 23.8 Å². The van der Waals surface area contributed by atoms with Crippen molar-refractivity contribution in [2.24, 2.45) is 0 Å². The lowest BCUT2D eigenvalue weighted by atomic mass is 10.2. The van der Waals surface area contributed by atoms with Gasteiger partial charge in [0, 0.05) is 31.4 Å². The van der Waals surface area contributed by atoms with Crippen molar-refractivity contribution in [3.63, 3.8) is 0 Å². The fraction of sp³-hybridized carbons (Fsp3) is 0.278. The normalized spacial score (nSPS) is 14.7. The molecule has 8 heteroatoms. The first-order chi connectivity index (χ1) is 12.4. The number of sulfonamides is 1. The highest BCUT2D eigenvalue weighted by atomic mass is 32.2. The van der Waals surface area contributed by atoms with Crippen LogP contribution in [0.5, 0.6) is 0 Å². The van der Waals surface area contributed by atoms with Crippen LogP contribution in [0.2, 0.25) is 0 Å². The molecule has 1 heterocycles. The zero-order valence-corrected chi connectivity index (χ0v) is 15.3. The first-order valence-electron chi connectivity index (χ1n) is 8.27. The zero-order valence-electron chi connectivity index (χ0n) is 14.4. The minimum atomic E-state index is -3.71. The van der Waals surface area contributed by atoms with Crippen LogP contribution in [0.15, 0.2) is 53.4 Å². The average molecular weight is 375 g/mol. The van der Waals surface area contributed by atoms with E-state index >= 15 is 0 Å². The predicted molar refractivity (Wildman–Crippen MR) is 101 cm³/mol. The van der Waals surface area contributed by atoms with E-state index in [-0.39, 0.29) is 10.8 Å². The highest BCUT2D eigenvalue weighted by molar-refractivity contribution is 7.92. The van der Waals surface area contributed by atoms with Crippen molar-refractivity contribution >= 4 is 33.0 Å². The highest BCUT2D eigenvalue weighted by Crippen LogP contribution is 2.23. The number of hydrogen-bond acceptors (Lipinski definition) is 5. The second-order valence-corrected chi connectivity index (χ2v) is 7.64. The molecule has 0 unspecified atom stereocenters. The van der Waals surface area contributed by atoms with Gasteiger partial charge < -0.3 is 15.0 Å². The van der Waals surface area contributed by atoms with Crippen molar-refractivity contribution in [2.45, 2.75) is 11.8 Å². The van der Waals surface area contributed by atoms with Crippen LogP contribution in [0.4, 0.5) is 17.1 Å². The maximum absolute atomic E-state index is 12.6. The van der Waals surface area contributed by atoms with E-state index in [0.29, 0.717) is 24.6 Å². The van der Waals surface area contributed by atoms with Crippen LogP contribution in [0.3, 0.4) is 0 Å². The Morgan fingerprint density at radius 1 is 1.04 bits per heavy atom. The van der Waals surface area contributed by atoms with E-state index in [0.717, 1.165) is 18.8 Å². The molecule has 138 valence electrons. The molecule has 26 heavy (non-hydrogen) atoms. The molecule has 0 aromatic heterocycles. The van der Waals surface area contributed by atoms with Crippen LogP contribution in [0, 0.1) is 0 Å². The van der Waals surface area contributed by atoms with Gasteiger partial charge in [0.25, 0.3) is 10.0 Å². The van der Waals surface area contributed by atoms with Gasteiger partial charge in [-0.2, -0.15) is 0 Å². The van der Waals surface area contributed by atoms with Crippen molar-refractivity contribution in [1.82, 2.24) is 0 Å². The monoisotopic (exact) mass is 375 g/mol. The Kier molecular flexibility index (Phi) is 5.43. The number of amides is 1. The molecule has 0 spiro atoms. The van der Waals surface area contributed by atoms with E-state index in [1.165, 1.54) is 19.1 Å². The predicted octanol–water partition coefficient (Wildman–Crippen LogP) is 2.28. The van der Waals surface area contributed by atoms with E-state index in [2.05, 4.69) is 14.9 Å². The molecule has 2 N–H and O–H groups in total. The number of carbonyl (C=O) groups is 1. The molecule has 1 amide bonds. The number of rotatable bonds is 5. The quantitative estimate of drug-likeness (QED) is 0.837. The second-order valence-electron chi connectivity index (χ2n) is 5.96. The fourth-order valence-electron chi connectivity index (χ4n) is 2.72. The van der Waals surface area contributed by atoms with Gasteiger partial charge in [-0.05, 0) is 42.5 Å². The Hall–Kier alpha value is -2.58. The number of benzene rings is 2. The van der Waals surface area contributed by atoms with Crippen LogP contribution in [-0.2, 0) is 19.6 Å². The van der Waals surface area contributed by atoms with Crippen molar-refractivity contribution in [3.8, 4) is 0 Å². The first kappa shape index (κ1) is 18.2. The minimum absolute atomic E-state index is 0.128. The number of carbonyl (C=O) groups excluding carboxylic acids is 1. The van der Waals surface area contributed by atoms with Crippen molar-refractivity contribution in [3.05, 3.63) is 48.5 Å². The number of ether oxygens (including phenoxy) is 1. The van der Waals surface area contributed by atoms with E-state index in [4.69, 9.17) is 4.74 Å². The summed E-state index contributed by atoms with van der Waals surface area (Å²) >= 11 is 0. The molecule has 7 nitrogen and oxygen atoms in total. The standard InChI is InChI=1S/C18H21N3O4S/c1-14(22)19-15-5-7-18(8-6-15)26(23,24)20-16-3-2-4-17(13-16)21-9-11-25-12-10-21/h2-8,13,20H,9-12H2,1H3,(H,19,22). The van der Waals surface area contributed by atoms with Gasteiger partial charge in [0.1, 0.15) is 0 Å². The fourth-order valence-corrected chi connectivity index (χ4v) is 3.77. The molecule has 0 bridgehead atoms. The van der Waals surface area contributed by atoms with Gasteiger partial charge >= 0.3 is 0 Å². The van der Waals surface area contributed by atoms with Crippen molar-refractivity contribution in [2.75, 3.05) is 41.2 Å². The Labute approximate surface area is 153 Å². The largest absolute Gasteiger partial charge is 0.378 e. The number of morpholine rings is 1. The SMILES string of the molecule is CC(=O)Nc1ccc(S(=O)(=O)Nc2cccc(N3CCOCC3)c2)cc1. The molecular weight excluding hydrogens is 354 g/mol. The average Bonchev–Trinajstić information content (AvgIpc) is 2.62. The molecule has 1 saturated heterocycles. The summed E-state index contributed by atoms with van der Waals surface area (Å²) in [4.78, 5) is 13.3. The summed E-state index contributed by atoms with van der Waals surface area (Å²) in [6.07, 6.45) is 0. The molecule has 0 atom stereocenters. The van der Waals surface area contributed by atoms with Crippen molar-refractivity contribution in [1.29, 1.82) is 0 Å². The zero-order chi connectivity index (χ0) is 18.6. The van der Waals surface area contributed by atoms with E-state index in [1.54, 1.807) is 18.2 Å². The van der Waals surface area contributed by atoms with Gasteiger partial charge in [0.2, 0.25) is 5.91 Å². The highest BCUT2D eigenvalue weighted by Gasteiger charge is 2.16. The van der Waals surface area contributed by atoms with Gasteiger partial charge in [-0.1, -0.05) is 6.07 Å². The van der Waals surface area contributed by atoms with Crippen LogP contribution in [0.25, 0.3) is 0 Å². The molecule has 0 aliphatic carbocycles. The molecule has 1 aliphatic heterocycles. The summed E-state index contributed by atoms with van der Waals surface area (Å²) in [5, 5.41) is 2.61. The summed E-state index contributed by atoms with van der Waals surface area (Å²) in [5.74, 6) is -0.210. The number of nitrogens with zero attached hydrogens (tertiary/aromatic N) is 1. The van der Waals surface area contributed by atoms with Crippen molar-refractivity contribution < 1.29 is 17.9 Å². The summed E-state index contributed by atoms with van der Waals surface area (Å²) < 4.78 is 33.1. The first-order valence-corrected chi connectivity index (χ1v) is 9.76. The maximum atomic E-state index is 12.6. The Morgan fingerprint density at radius 2 is 1.73 bits per heavy atom. The third-order valence-electron chi connectivity index (χ3n) is 3.96. The lowest BCUT2D eigenvalue weighted by Gasteiger charge is -2.29. The van der Waals surface area contributed by atoms with Crippen LogP contribution in [0.1, 0.15) is 6.92 Å². The van der Waals surface area contributed by atoms with E-state index in [1.807, 2.05) is 18.2 Å². The second kappa shape index (κ2) is 7.76. The molecule has 2 aromatic rings. The Bertz CT molecular complexity index is 876. The third-order valence-corrected chi connectivity index (χ3v) is 5.36. The van der Waals surface area contributed by atoms with Crippen LogP contribution >= 0.6 is 0 Å². The molecule has 2 aromatic carbocycles. The Morgan fingerprint density at radius 3 is 2.38 bits per heavy atom. The van der Waals surface area contributed by atoms with Gasteiger partial charge in [-0.3, -0.25) is 9.52 Å². The molecular formula is C18H21N3O4S. The Balaban J connectivity index is 1.75. The molecule has 1 aliphatic rings. The molecule has 3 rings (SSSR count).